The third-order valence-electron chi connectivity index (χ3n) is 12.6. The number of aliphatic hydroxyl groups excluding tert-OH is 2. The van der Waals surface area contributed by atoms with E-state index in [0.29, 0.717) is 5.57 Å². The van der Waals surface area contributed by atoms with Crippen molar-refractivity contribution in [1.29, 1.82) is 0 Å². The molecule has 0 amide bonds. The van der Waals surface area contributed by atoms with Gasteiger partial charge in [-0.1, -0.05) is 83.6 Å². The molecule has 4 aliphatic rings. The second kappa shape index (κ2) is 23.0. The molecule has 11 atom stereocenters. The summed E-state index contributed by atoms with van der Waals surface area (Å²) in [6, 6.07) is 0. The number of esters is 4. The molecule has 0 aromatic heterocycles. The Morgan fingerprint density at radius 2 is 1.63 bits per heavy atom. The minimum atomic E-state index is -2.40. The summed E-state index contributed by atoms with van der Waals surface area (Å²) in [5, 5.41) is 48.0. The van der Waals surface area contributed by atoms with Crippen molar-refractivity contribution in [2.24, 2.45) is 10.8 Å². The first-order valence-corrected chi connectivity index (χ1v) is 22.7. The lowest BCUT2D eigenvalue weighted by molar-refractivity contribution is -0.348. The largest absolute Gasteiger partial charge is 0.493 e. The third-order valence-corrected chi connectivity index (χ3v) is 12.6. The highest BCUT2D eigenvalue weighted by molar-refractivity contribution is 5.84. The van der Waals surface area contributed by atoms with Gasteiger partial charge >= 0.3 is 23.9 Å². The first kappa shape index (κ1) is 53.5. The standard InChI is InChI=1S/C49H72O16/c1-11-13-14-15-16-17-42(53)63-45-34(25-43(54)58-10)24-37-27-40(31(4)50)60-30(3)20-35(52)26-38-28-41(61-32(5)51)47(8,9)48(56,64-38)29-39-22-33(23-44(55)59-12-2)21-36(62-39)18-19-46(6,7)49(45,57)65-37/h14-19,23,25,31,35-41,45,50,52,56-57H,3,11-13,20-22,24,26-29H2,1-2,4-10H3/b15-14+,17-16+,19-18+,33-23-,34-25+/t31-,35?,36+,37+,38-,39+,40-,41+,45+,48+,49-/m1/s1. The molecule has 1 unspecified atom stereocenters. The smallest absolute Gasteiger partial charge is 0.331 e. The number of hydrogen-bond acceptors (Lipinski definition) is 16. The zero-order valence-electron chi connectivity index (χ0n) is 39.5. The van der Waals surface area contributed by atoms with E-state index in [4.69, 9.17) is 37.9 Å². The minimum Gasteiger partial charge on any atom is -0.493 e. The predicted octanol–water partition coefficient (Wildman–Crippen LogP) is 5.66. The van der Waals surface area contributed by atoms with Crippen LogP contribution >= 0.6 is 0 Å². The Hall–Kier alpha value is -4.16. The molecule has 16 heteroatoms. The quantitative estimate of drug-likeness (QED) is 0.0683. The summed E-state index contributed by atoms with van der Waals surface area (Å²) < 4.78 is 47.8. The maximum Gasteiger partial charge on any atom is 0.331 e. The normalized spacial score (nSPS) is 35.4. The van der Waals surface area contributed by atoms with Crippen LogP contribution in [0.5, 0.6) is 0 Å². The van der Waals surface area contributed by atoms with Gasteiger partial charge in [0.15, 0.2) is 11.9 Å². The number of carbonyl (C=O) groups is 4. The van der Waals surface area contributed by atoms with Gasteiger partial charge in [0.2, 0.25) is 5.79 Å². The molecule has 3 fully saturated rings. The Labute approximate surface area is 383 Å². The van der Waals surface area contributed by atoms with Crippen LogP contribution in [0, 0.1) is 10.8 Å². The molecule has 65 heavy (non-hydrogen) atoms. The van der Waals surface area contributed by atoms with Crippen molar-refractivity contribution in [3.63, 3.8) is 0 Å². The van der Waals surface area contributed by atoms with E-state index in [1.54, 1.807) is 52.8 Å². The van der Waals surface area contributed by atoms with Gasteiger partial charge < -0.3 is 58.3 Å². The number of aliphatic hydroxyl groups is 4. The SMILES string of the molecule is C=C1CC(O)C[C@@H]2C[C@H](OC(C)=O)C(C)(C)[C@](O)(C[C@@H]3C/C(=C\C(=O)OCC)C[C@H](/C=C/C(C)(C)[C@]4(O)O[C@@H](C/C(=C\C(=O)OC)[C@@H]4OC(=O)/C=C/C=C/CCC)C[C@H]([C@@H](C)O)O1)O3)O2. The molecular formula is C49H72O16. The van der Waals surface area contributed by atoms with Crippen molar-refractivity contribution in [2.45, 2.75) is 186 Å². The van der Waals surface area contributed by atoms with Gasteiger partial charge in [0.25, 0.3) is 0 Å². The first-order valence-electron chi connectivity index (χ1n) is 22.7. The highest BCUT2D eigenvalue weighted by atomic mass is 16.7. The number of ether oxygens (including phenoxy) is 8. The van der Waals surface area contributed by atoms with Gasteiger partial charge in [-0.05, 0) is 45.1 Å². The van der Waals surface area contributed by atoms with E-state index in [1.165, 1.54) is 39.2 Å². The summed E-state index contributed by atoms with van der Waals surface area (Å²) in [6.07, 6.45) is 4.98. The van der Waals surface area contributed by atoms with Crippen molar-refractivity contribution in [3.8, 4) is 0 Å². The van der Waals surface area contributed by atoms with Gasteiger partial charge in [0, 0.05) is 62.7 Å². The number of fused-ring (bicyclic) bond motifs is 6. The summed E-state index contributed by atoms with van der Waals surface area (Å²) >= 11 is 0. The molecule has 3 saturated heterocycles. The van der Waals surface area contributed by atoms with Crippen LogP contribution < -0.4 is 0 Å². The lowest BCUT2D eigenvalue weighted by atomic mass is 9.70. The van der Waals surface area contributed by atoms with Crippen molar-refractivity contribution < 1.29 is 77.5 Å². The molecule has 4 rings (SSSR count). The molecule has 16 nitrogen and oxygen atoms in total. The maximum atomic E-state index is 13.5. The maximum absolute atomic E-state index is 13.5. The molecule has 364 valence electrons. The average Bonchev–Trinajstić information content (AvgIpc) is 3.19. The van der Waals surface area contributed by atoms with Crippen LogP contribution in [-0.4, -0.2) is 125 Å². The molecule has 4 N–H and O–H groups in total. The molecule has 4 aliphatic heterocycles. The Balaban J connectivity index is 1.89. The van der Waals surface area contributed by atoms with Gasteiger partial charge in [-0.25, -0.2) is 14.4 Å². The second-order valence-electron chi connectivity index (χ2n) is 18.7. The van der Waals surface area contributed by atoms with Gasteiger partial charge in [0.1, 0.15) is 12.2 Å². The highest BCUT2D eigenvalue weighted by Crippen LogP contribution is 2.50. The van der Waals surface area contributed by atoms with Gasteiger partial charge in [-0.2, -0.15) is 0 Å². The molecule has 0 aromatic carbocycles. The minimum absolute atomic E-state index is 0.0252. The van der Waals surface area contributed by atoms with Crippen LogP contribution in [0.2, 0.25) is 0 Å². The van der Waals surface area contributed by atoms with Crippen LogP contribution in [0.4, 0.5) is 0 Å². The fraction of sp³-hybridized carbons (Fsp3) is 0.673. The summed E-state index contributed by atoms with van der Waals surface area (Å²) in [4.78, 5) is 51.6. The Morgan fingerprint density at radius 3 is 2.28 bits per heavy atom. The zero-order chi connectivity index (χ0) is 48.3. The van der Waals surface area contributed by atoms with E-state index in [9.17, 15) is 39.6 Å². The molecule has 0 radical (unpaired) electrons. The van der Waals surface area contributed by atoms with Gasteiger partial charge in [-0.3, -0.25) is 4.79 Å². The predicted molar refractivity (Wildman–Crippen MR) is 237 cm³/mol. The van der Waals surface area contributed by atoms with Crippen molar-refractivity contribution in [3.05, 3.63) is 72.1 Å². The van der Waals surface area contributed by atoms with E-state index in [2.05, 4.69) is 6.58 Å². The van der Waals surface area contributed by atoms with Crippen molar-refractivity contribution in [1.82, 2.24) is 0 Å². The van der Waals surface area contributed by atoms with Crippen LogP contribution in [-0.2, 0) is 57.1 Å². The van der Waals surface area contributed by atoms with E-state index < -0.39 is 101 Å². The fourth-order valence-electron chi connectivity index (χ4n) is 8.81. The van der Waals surface area contributed by atoms with Crippen LogP contribution in [0.15, 0.2) is 72.1 Å². The number of methoxy groups -OCH3 is 1. The summed E-state index contributed by atoms with van der Waals surface area (Å²) in [7, 11) is 1.19. The van der Waals surface area contributed by atoms with Crippen LogP contribution in [0.25, 0.3) is 0 Å². The molecule has 0 saturated carbocycles. The molecule has 0 aliphatic carbocycles. The van der Waals surface area contributed by atoms with Gasteiger partial charge in [-0.15, -0.1) is 0 Å². The average molecular weight is 917 g/mol. The number of carbonyl (C=O) groups excluding carboxylic acids is 4. The fourth-order valence-corrected chi connectivity index (χ4v) is 8.81. The zero-order valence-corrected chi connectivity index (χ0v) is 39.5. The lowest BCUT2D eigenvalue weighted by Gasteiger charge is -2.53. The van der Waals surface area contributed by atoms with Crippen molar-refractivity contribution in [2.75, 3.05) is 13.7 Å². The van der Waals surface area contributed by atoms with E-state index in [1.807, 2.05) is 13.0 Å². The molecular weight excluding hydrogens is 845 g/mol. The summed E-state index contributed by atoms with van der Waals surface area (Å²) in [6.45, 7) is 17.4. The highest BCUT2D eigenvalue weighted by Gasteiger charge is 2.59. The monoisotopic (exact) mass is 916 g/mol. The lowest BCUT2D eigenvalue weighted by Crippen LogP contribution is -2.62. The second-order valence-corrected chi connectivity index (χ2v) is 18.7. The topological polar surface area (TPSA) is 223 Å². The Bertz CT molecular complexity index is 1840. The number of hydrogen-bond donors (Lipinski definition) is 4. The number of unbranched alkanes of at least 4 members (excludes halogenated alkanes) is 1. The number of rotatable bonds is 10. The molecule has 4 heterocycles. The van der Waals surface area contributed by atoms with Gasteiger partial charge in [0.05, 0.1) is 61.5 Å². The molecule has 0 spiro atoms. The first-order chi connectivity index (χ1) is 30.4. The Morgan fingerprint density at radius 1 is 0.908 bits per heavy atom. The summed E-state index contributed by atoms with van der Waals surface area (Å²) in [5.41, 5.74) is -1.86. The number of allylic oxidation sites excluding steroid dienone is 3. The van der Waals surface area contributed by atoms with E-state index >= 15 is 0 Å². The Kier molecular flexibility index (Phi) is 18.9. The van der Waals surface area contributed by atoms with Crippen LogP contribution in [0.3, 0.4) is 0 Å². The van der Waals surface area contributed by atoms with E-state index in [0.717, 1.165) is 18.9 Å². The van der Waals surface area contributed by atoms with Crippen LogP contribution in [0.1, 0.15) is 120 Å². The third kappa shape index (κ3) is 14.2. The van der Waals surface area contributed by atoms with E-state index in [-0.39, 0.29) is 69.3 Å². The summed E-state index contributed by atoms with van der Waals surface area (Å²) in [5.74, 6) is -7.02. The van der Waals surface area contributed by atoms with Crippen molar-refractivity contribution >= 4 is 23.9 Å². The molecule has 0 aromatic rings. The molecule has 6 bridgehead atoms.